The molecule has 0 aromatic heterocycles. The Hall–Kier alpha value is -2.74. The predicted octanol–water partition coefficient (Wildman–Crippen LogP) is 4.05. The molecule has 0 radical (unpaired) electrons. The zero-order valence-electron chi connectivity index (χ0n) is 17.8. The molecule has 2 aromatic rings. The van der Waals surface area contributed by atoms with Gasteiger partial charge in [0.15, 0.2) is 0 Å². The van der Waals surface area contributed by atoms with E-state index >= 15 is 0 Å². The molecule has 1 aliphatic heterocycles. The summed E-state index contributed by atoms with van der Waals surface area (Å²) in [4.78, 5) is 14.7. The largest absolute Gasteiger partial charge is 0.492 e. The molecule has 0 bridgehead atoms. The average Bonchev–Trinajstić information content (AvgIpc) is 2.79. The molecule has 0 unspecified atom stereocenters. The molecule has 162 valence electrons. The quantitative estimate of drug-likeness (QED) is 0.714. The number of nitrogens with zero attached hydrogens (tertiary/aromatic N) is 1. The molecule has 0 saturated heterocycles. The van der Waals surface area contributed by atoms with Gasteiger partial charge in [-0.1, -0.05) is 19.1 Å². The number of ether oxygens (including phenoxy) is 2. The van der Waals surface area contributed by atoms with Crippen molar-refractivity contribution in [2.24, 2.45) is 5.41 Å². The summed E-state index contributed by atoms with van der Waals surface area (Å²) < 4.78 is 39.9. The van der Waals surface area contributed by atoms with Crippen LogP contribution in [0.2, 0.25) is 0 Å². The van der Waals surface area contributed by atoms with E-state index in [0.29, 0.717) is 36.0 Å². The fraction of sp³-hybridized carbons (Fsp3) is 0.409. The van der Waals surface area contributed by atoms with E-state index in [1.165, 1.54) is 6.07 Å². The Kier molecular flexibility index (Phi) is 6.26. The third kappa shape index (κ3) is 4.38. The maximum Gasteiger partial charge on any atom is 0.265 e. The summed E-state index contributed by atoms with van der Waals surface area (Å²) in [5.74, 6) is 0.753. The second-order valence-corrected chi connectivity index (χ2v) is 9.45. The third-order valence-corrected chi connectivity index (χ3v) is 6.22. The van der Waals surface area contributed by atoms with Crippen molar-refractivity contribution in [1.82, 2.24) is 0 Å². The highest BCUT2D eigenvalue weighted by atomic mass is 32.2. The molecule has 1 amide bonds. The summed E-state index contributed by atoms with van der Waals surface area (Å²) in [6, 6.07) is 11.5. The number of carbonyl (C=O) groups excluding carboxylic acids is 1. The Morgan fingerprint density at radius 3 is 2.60 bits per heavy atom. The topological polar surface area (TPSA) is 84.9 Å². The summed E-state index contributed by atoms with van der Waals surface area (Å²) in [5, 5.41) is 0. The fourth-order valence-electron chi connectivity index (χ4n) is 3.31. The van der Waals surface area contributed by atoms with Crippen molar-refractivity contribution in [3.63, 3.8) is 0 Å². The predicted molar refractivity (Wildman–Crippen MR) is 117 cm³/mol. The molecule has 8 heteroatoms. The minimum absolute atomic E-state index is 0.0120. The first-order valence-electron chi connectivity index (χ1n) is 10.0. The van der Waals surface area contributed by atoms with Crippen LogP contribution in [0.4, 0.5) is 11.4 Å². The van der Waals surface area contributed by atoms with E-state index in [1.54, 1.807) is 48.2 Å². The van der Waals surface area contributed by atoms with Gasteiger partial charge in [0.25, 0.3) is 10.0 Å². The van der Waals surface area contributed by atoms with Crippen molar-refractivity contribution < 1.29 is 22.7 Å². The SMILES string of the molecule is CCCN1C(=O)C(C)(C)COc2cc(NS(=O)(=O)c3ccccc3OCC)ccc21. The Morgan fingerprint density at radius 2 is 1.90 bits per heavy atom. The van der Waals surface area contributed by atoms with Crippen LogP contribution in [0, 0.1) is 5.41 Å². The first-order chi connectivity index (χ1) is 14.2. The van der Waals surface area contributed by atoms with Gasteiger partial charge in [0.05, 0.1) is 23.4 Å². The molecule has 30 heavy (non-hydrogen) atoms. The number of hydrogen-bond acceptors (Lipinski definition) is 5. The van der Waals surface area contributed by atoms with Gasteiger partial charge in [0, 0.05) is 12.6 Å². The van der Waals surface area contributed by atoms with Crippen molar-refractivity contribution in [2.75, 3.05) is 29.4 Å². The van der Waals surface area contributed by atoms with Crippen LogP contribution in [-0.4, -0.2) is 34.1 Å². The summed E-state index contributed by atoms with van der Waals surface area (Å²) in [6.45, 7) is 8.62. The smallest absolute Gasteiger partial charge is 0.265 e. The lowest BCUT2D eigenvalue weighted by Gasteiger charge is -2.27. The highest BCUT2D eigenvalue weighted by molar-refractivity contribution is 7.92. The molecular weight excluding hydrogens is 404 g/mol. The van der Waals surface area contributed by atoms with Gasteiger partial charge in [-0.15, -0.1) is 0 Å². The lowest BCUT2D eigenvalue weighted by molar-refractivity contribution is -0.127. The van der Waals surface area contributed by atoms with Crippen LogP contribution < -0.4 is 19.1 Å². The minimum atomic E-state index is -3.87. The lowest BCUT2D eigenvalue weighted by Crippen LogP contribution is -2.42. The van der Waals surface area contributed by atoms with Gasteiger partial charge in [0.2, 0.25) is 5.91 Å². The molecule has 2 aromatic carbocycles. The van der Waals surface area contributed by atoms with Gasteiger partial charge in [-0.3, -0.25) is 9.52 Å². The molecule has 1 heterocycles. The van der Waals surface area contributed by atoms with E-state index in [2.05, 4.69) is 4.72 Å². The molecule has 0 saturated carbocycles. The molecule has 3 rings (SSSR count). The zero-order chi connectivity index (χ0) is 21.9. The first-order valence-corrected chi connectivity index (χ1v) is 11.5. The van der Waals surface area contributed by atoms with Crippen LogP contribution in [0.5, 0.6) is 11.5 Å². The first kappa shape index (κ1) is 22.0. The Labute approximate surface area is 178 Å². The number of nitrogens with one attached hydrogen (secondary N) is 1. The van der Waals surface area contributed by atoms with Crippen LogP contribution in [0.15, 0.2) is 47.4 Å². The van der Waals surface area contributed by atoms with E-state index in [-0.39, 0.29) is 17.4 Å². The van der Waals surface area contributed by atoms with Gasteiger partial charge in [-0.05, 0) is 51.5 Å². The molecule has 0 atom stereocenters. The number of hydrogen-bond donors (Lipinski definition) is 1. The van der Waals surface area contributed by atoms with Crippen LogP contribution >= 0.6 is 0 Å². The van der Waals surface area contributed by atoms with Gasteiger partial charge in [0.1, 0.15) is 23.0 Å². The van der Waals surface area contributed by atoms with Crippen LogP contribution in [0.3, 0.4) is 0 Å². The van der Waals surface area contributed by atoms with Crippen LogP contribution in [-0.2, 0) is 14.8 Å². The third-order valence-electron chi connectivity index (χ3n) is 4.80. The van der Waals surface area contributed by atoms with E-state index in [9.17, 15) is 13.2 Å². The van der Waals surface area contributed by atoms with Crippen molar-refractivity contribution in [2.45, 2.75) is 39.0 Å². The second-order valence-electron chi connectivity index (χ2n) is 7.80. The number of rotatable bonds is 7. The van der Waals surface area contributed by atoms with Crippen molar-refractivity contribution in [3.05, 3.63) is 42.5 Å². The summed E-state index contributed by atoms with van der Waals surface area (Å²) in [7, 11) is -3.87. The Bertz CT molecular complexity index is 1030. The van der Waals surface area contributed by atoms with E-state index in [0.717, 1.165) is 6.42 Å². The maximum atomic E-state index is 13.0. The molecule has 7 nitrogen and oxygen atoms in total. The number of amides is 1. The Morgan fingerprint density at radius 1 is 1.17 bits per heavy atom. The number of carbonyl (C=O) groups is 1. The van der Waals surface area contributed by atoms with Gasteiger partial charge < -0.3 is 14.4 Å². The summed E-state index contributed by atoms with van der Waals surface area (Å²) >= 11 is 0. The van der Waals surface area contributed by atoms with Gasteiger partial charge in [-0.25, -0.2) is 8.42 Å². The maximum absolute atomic E-state index is 13.0. The second kappa shape index (κ2) is 8.55. The molecule has 1 aliphatic rings. The zero-order valence-corrected chi connectivity index (χ0v) is 18.6. The van der Waals surface area contributed by atoms with Crippen molar-refractivity contribution in [3.8, 4) is 11.5 Å². The molecule has 0 spiro atoms. The van der Waals surface area contributed by atoms with Gasteiger partial charge >= 0.3 is 0 Å². The molecule has 0 fully saturated rings. The number of sulfonamides is 1. The summed E-state index contributed by atoms with van der Waals surface area (Å²) in [5.41, 5.74) is 0.318. The van der Waals surface area contributed by atoms with Crippen LogP contribution in [0.25, 0.3) is 0 Å². The number of para-hydroxylation sites is 1. The fourth-order valence-corrected chi connectivity index (χ4v) is 4.51. The van der Waals surface area contributed by atoms with Crippen molar-refractivity contribution in [1.29, 1.82) is 0 Å². The average molecular weight is 433 g/mol. The number of anilines is 2. The number of fused-ring (bicyclic) bond motifs is 1. The Balaban J connectivity index is 1.95. The van der Waals surface area contributed by atoms with Crippen molar-refractivity contribution >= 4 is 27.3 Å². The lowest BCUT2D eigenvalue weighted by atomic mass is 9.93. The highest BCUT2D eigenvalue weighted by Crippen LogP contribution is 2.39. The van der Waals surface area contributed by atoms with Crippen LogP contribution in [0.1, 0.15) is 34.1 Å². The summed E-state index contributed by atoms with van der Waals surface area (Å²) in [6.07, 6.45) is 0.795. The normalized spacial score (nSPS) is 15.7. The minimum Gasteiger partial charge on any atom is -0.492 e. The highest BCUT2D eigenvalue weighted by Gasteiger charge is 2.37. The van der Waals surface area contributed by atoms with E-state index < -0.39 is 15.4 Å². The van der Waals surface area contributed by atoms with E-state index in [1.807, 2.05) is 20.8 Å². The molecule has 1 N–H and O–H groups in total. The monoisotopic (exact) mass is 432 g/mol. The van der Waals surface area contributed by atoms with Gasteiger partial charge in [-0.2, -0.15) is 0 Å². The number of benzene rings is 2. The molecular formula is C22H28N2O5S. The molecule has 0 aliphatic carbocycles. The standard InChI is InChI=1S/C22H28N2O5S/c1-5-13-24-17-12-11-16(14-19(17)29-15-22(3,4)21(24)25)23-30(26,27)20-10-8-7-9-18(20)28-6-2/h7-12,14,23H,5-6,13,15H2,1-4H3. The van der Waals surface area contributed by atoms with E-state index in [4.69, 9.17) is 9.47 Å².